The van der Waals surface area contributed by atoms with Gasteiger partial charge in [-0.3, -0.25) is 14.2 Å². The second kappa shape index (κ2) is 9.54. The molecule has 0 unspecified atom stereocenters. The molecule has 0 bridgehead atoms. The van der Waals surface area contributed by atoms with Crippen LogP contribution in [0.1, 0.15) is 23.7 Å². The molecule has 0 aliphatic carbocycles. The number of esters is 1. The number of rotatable bonds is 6. The lowest BCUT2D eigenvalue weighted by Gasteiger charge is -2.23. The lowest BCUT2D eigenvalue weighted by atomic mass is 10.2. The van der Waals surface area contributed by atoms with Crippen LogP contribution in [0.3, 0.4) is 0 Å². The average Bonchev–Trinajstić information content (AvgIpc) is 2.37. The number of nitrogens with one attached hydrogen (secondary N) is 1. The highest BCUT2D eigenvalue weighted by atomic mass is 16.5. The maximum absolute atomic E-state index is 10.6. The highest BCUT2D eigenvalue weighted by molar-refractivity contribution is 5.91. The molecule has 1 rings (SSSR count). The molecule has 0 aliphatic rings. The van der Waals surface area contributed by atoms with Crippen molar-refractivity contribution in [3.8, 4) is 5.75 Å². The second-order valence-corrected chi connectivity index (χ2v) is 5.46. The fraction of sp³-hybridized carbons (Fsp3) is 0.400. The van der Waals surface area contributed by atoms with E-state index >= 15 is 0 Å². The molecular weight excluding hydrogens is 304 g/mol. The number of quaternary nitrogens is 1. The van der Waals surface area contributed by atoms with Crippen molar-refractivity contribution >= 4 is 17.9 Å². The monoisotopic (exact) mass is 327 g/mol. The molecule has 8 heteroatoms. The summed E-state index contributed by atoms with van der Waals surface area (Å²) >= 11 is 0. The lowest BCUT2D eigenvalue weighted by molar-refractivity contribution is -0.915. The number of carbonyl (C=O) groups excluding carboxylic acids is 1. The van der Waals surface area contributed by atoms with Crippen LogP contribution < -0.4 is 10.2 Å². The zero-order chi connectivity index (χ0) is 18.0. The molecule has 0 aromatic heterocycles. The molecule has 0 heterocycles. The summed E-state index contributed by atoms with van der Waals surface area (Å²) < 4.78 is 5.28. The van der Waals surface area contributed by atoms with E-state index in [2.05, 4.69) is 10.2 Å². The molecule has 1 aromatic carbocycles. The Kier molecular flexibility index (Phi) is 8.53. The van der Waals surface area contributed by atoms with E-state index in [0.29, 0.717) is 11.1 Å². The van der Waals surface area contributed by atoms with Crippen molar-refractivity contribution in [3.63, 3.8) is 0 Å². The number of benzene rings is 1. The van der Waals surface area contributed by atoms with E-state index in [1.807, 2.05) is 21.1 Å². The number of nitrogens with zero attached hydrogens (tertiary/aromatic N) is 1. The molecule has 0 fully saturated rings. The highest BCUT2D eigenvalue weighted by Crippen LogP contribution is 2.17. The normalized spacial score (nSPS) is 10.3. The first-order valence-electron chi connectivity index (χ1n) is 6.82. The Morgan fingerprint density at radius 2 is 1.70 bits per heavy atom. The summed E-state index contributed by atoms with van der Waals surface area (Å²) in [6.45, 7) is 1.73. The first kappa shape index (κ1) is 20.6. The number of para-hydroxylation sites is 1. The van der Waals surface area contributed by atoms with E-state index in [9.17, 15) is 14.4 Å². The van der Waals surface area contributed by atoms with Gasteiger partial charge in [0.1, 0.15) is 11.3 Å². The third-order valence-electron chi connectivity index (χ3n) is 2.30. The van der Waals surface area contributed by atoms with Crippen LogP contribution in [0.5, 0.6) is 5.75 Å². The first-order chi connectivity index (χ1) is 10.5. The number of carbonyl (C=O) groups is 3. The zero-order valence-corrected chi connectivity index (χ0v) is 13.7. The van der Waals surface area contributed by atoms with Gasteiger partial charge in [0.25, 0.3) is 0 Å². The van der Waals surface area contributed by atoms with Crippen LogP contribution in [-0.2, 0) is 9.59 Å². The van der Waals surface area contributed by atoms with Gasteiger partial charge in [-0.1, -0.05) is 12.1 Å². The predicted octanol–water partition coefficient (Wildman–Crippen LogP) is 0.982. The van der Waals surface area contributed by atoms with Crippen molar-refractivity contribution in [2.45, 2.75) is 13.3 Å². The van der Waals surface area contributed by atoms with E-state index in [-0.39, 0.29) is 17.7 Å². The van der Waals surface area contributed by atoms with Gasteiger partial charge in [-0.25, -0.2) is 4.79 Å². The van der Waals surface area contributed by atoms with Gasteiger partial charge < -0.3 is 14.9 Å². The first-order valence-corrected chi connectivity index (χ1v) is 6.82. The molecule has 0 radical (unpaired) electrons. The average molecular weight is 327 g/mol. The SMILES string of the molecule is CC(=O)Oc1ccccc1C(=O)O.C[N+](C)(C)NCCC(=O)O. The van der Waals surface area contributed by atoms with Crippen LogP contribution in [0.4, 0.5) is 0 Å². The Bertz CT molecular complexity index is 551. The minimum atomic E-state index is -1.11. The quantitative estimate of drug-likeness (QED) is 0.309. The largest absolute Gasteiger partial charge is 0.481 e. The van der Waals surface area contributed by atoms with E-state index in [4.69, 9.17) is 10.2 Å². The summed E-state index contributed by atoms with van der Waals surface area (Å²) in [6, 6.07) is 5.98. The Morgan fingerprint density at radius 3 is 2.13 bits per heavy atom. The third-order valence-corrected chi connectivity index (χ3v) is 2.30. The Hall–Kier alpha value is -2.45. The van der Waals surface area contributed by atoms with Crippen molar-refractivity contribution < 1.29 is 33.9 Å². The molecule has 1 aromatic rings. The van der Waals surface area contributed by atoms with E-state index in [0.717, 1.165) is 0 Å². The van der Waals surface area contributed by atoms with Gasteiger partial charge in [-0.15, -0.1) is 0 Å². The van der Waals surface area contributed by atoms with Gasteiger partial charge in [-0.05, 0) is 12.1 Å². The maximum Gasteiger partial charge on any atom is 0.339 e. The molecular formula is C15H23N2O6+. The highest BCUT2D eigenvalue weighted by Gasteiger charge is 2.11. The van der Waals surface area contributed by atoms with Crippen LogP contribution >= 0.6 is 0 Å². The van der Waals surface area contributed by atoms with Crippen LogP contribution in [0.25, 0.3) is 0 Å². The summed E-state index contributed by atoms with van der Waals surface area (Å²) in [5.74, 6) is -2.34. The topological polar surface area (TPSA) is 113 Å². The Labute approximate surface area is 134 Å². The van der Waals surface area contributed by atoms with Crippen LogP contribution in [0.15, 0.2) is 24.3 Å². The summed E-state index contributed by atoms with van der Waals surface area (Å²) in [7, 11) is 5.84. The van der Waals surface area contributed by atoms with Gasteiger partial charge in [0.15, 0.2) is 0 Å². The molecule has 0 saturated carbocycles. The van der Waals surface area contributed by atoms with E-state index in [1.54, 1.807) is 12.1 Å². The van der Waals surface area contributed by atoms with Crippen molar-refractivity contribution in [2.24, 2.45) is 0 Å². The van der Waals surface area contributed by atoms with Crippen LogP contribution in [0, 0.1) is 0 Å². The molecule has 8 nitrogen and oxygen atoms in total. The van der Waals surface area contributed by atoms with Crippen molar-refractivity contribution in [2.75, 3.05) is 27.7 Å². The molecule has 0 spiro atoms. The van der Waals surface area contributed by atoms with E-state index < -0.39 is 17.9 Å². The Morgan fingerprint density at radius 1 is 1.13 bits per heavy atom. The summed E-state index contributed by atoms with van der Waals surface area (Å²) in [5, 5.41) is 17.0. The number of aromatic carboxylic acids is 1. The number of ether oxygens (including phenoxy) is 1. The molecule has 0 atom stereocenters. The van der Waals surface area contributed by atoms with E-state index in [1.165, 1.54) is 19.1 Å². The number of carboxylic acid groups (broad SMARTS) is 2. The molecule has 23 heavy (non-hydrogen) atoms. The maximum atomic E-state index is 10.6. The van der Waals surface area contributed by atoms with Crippen molar-refractivity contribution in [1.29, 1.82) is 0 Å². The minimum Gasteiger partial charge on any atom is -0.481 e. The van der Waals surface area contributed by atoms with Crippen molar-refractivity contribution in [1.82, 2.24) is 5.43 Å². The standard InChI is InChI=1S/C9H8O4.C6H14N2O2/c1-6(10)13-8-5-3-2-4-7(8)9(11)12;1-8(2,3)7-5-4-6(9)10/h2-5H,1H3,(H,11,12);7H,4-5H2,1-3H3/p+1. The van der Waals surface area contributed by atoms with Gasteiger partial charge in [0, 0.05) is 6.92 Å². The van der Waals surface area contributed by atoms with Gasteiger partial charge in [0.2, 0.25) is 0 Å². The fourth-order valence-corrected chi connectivity index (χ4v) is 1.39. The smallest absolute Gasteiger partial charge is 0.339 e. The fourth-order valence-electron chi connectivity index (χ4n) is 1.39. The summed E-state index contributed by atoms with van der Waals surface area (Å²) in [4.78, 5) is 31.2. The molecule has 0 saturated heterocycles. The zero-order valence-electron chi connectivity index (χ0n) is 13.7. The number of hydrogen-bond acceptors (Lipinski definition) is 5. The summed E-state index contributed by atoms with van der Waals surface area (Å²) in [6.07, 6.45) is 0.176. The predicted molar refractivity (Wildman–Crippen MR) is 83.0 cm³/mol. The third kappa shape index (κ3) is 10.9. The van der Waals surface area contributed by atoms with Gasteiger partial charge >= 0.3 is 17.9 Å². The number of carboxylic acids is 2. The van der Waals surface area contributed by atoms with Crippen LogP contribution in [-0.4, -0.2) is 60.4 Å². The van der Waals surface area contributed by atoms with Gasteiger partial charge in [0.05, 0.1) is 34.1 Å². The second-order valence-electron chi connectivity index (χ2n) is 5.46. The number of aliphatic carboxylic acids is 1. The van der Waals surface area contributed by atoms with Crippen molar-refractivity contribution in [3.05, 3.63) is 29.8 Å². The lowest BCUT2D eigenvalue weighted by Crippen LogP contribution is -2.48. The summed E-state index contributed by atoms with van der Waals surface area (Å²) in [5.41, 5.74) is 2.99. The Balaban J connectivity index is 0.000000438. The van der Waals surface area contributed by atoms with Gasteiger partial charge in [-0.2, -0.15) is 5.43 Å². The molecule has 0 amide bonds. The number of hydrogen-bond donors (Lipinski definition) is 3. The molecule has 128 valence electrons. The van der Waals surface area contributed by atoms with Crippen LogP contribution in [0.2, 0.25) is 0 Å². The minimum absolute atomic E-state index is 0.0160. The molecule has 0 aliphatic heterocycles. The molecule has 3 N–H and O–H groups in total.